The number of carbonyl (C=O) groups excluding carboxylic acids is 4. The number of carboxylic acids is 1. The van der Waals surface area contributed by atoms with E-state index in [-0.39, 0.29) is 84.8 Å². The van der Waals surface area contributed by atoms with Crippen LogP contribution in [0.3, 0.4) is 0 Å². The summed E-state index contributed by atoms with van der Waals surface area (Å²) in [7, 11) is 1.42. The van der Waals surface area contributed by atoms with Crippen molar-refractivity contribution >= 4 is 46.4 Å². The van der Waals surface area contributed by atoms with Gasteiger partial charge in [-0.3, -0.25) is 43.6 Å². The van der Waals surface area contributed by atoms with Gasteiger partial charge in [0, 0.05) is 84.2 Å². The van der Waals surface area contributed by atoms with Crippen molar-refractivity contribution in [1.29, 1.82) is 0 Å². The van der Waals surface area contributed by atoms with Gasteiger partial charge >= 0.3 is 23.9 Å². The molecule has 2 atom stereocenters. The minimum atomic E-state index is -1.38. The largest absolute Gasteiger partial charge is 0.492 e. The molecular formula is C49H74FN7O11. The van der Waals surface area contributed by atoms with E-state index in [1.54, 1.807) is 4.57 Å². The Bertz CT molecular complexity index is 2200. The Morgan fingerprint density at radius 3 is 1.54 bits per heavy atom. The molecule has 1 saturated carbocycles. The number of ether oxygens (including phenoxy) is 4. The number of nitrogens with zero attached hydrogens (tertiary/aromatic N) is 7. The van der Waals surface area contributed by atoms with Gasteiger partial charge in [-0.2, -0.15) is 0 Å². The Kier molecular flexibility index (Phi) is 16.5. The number of hydrogen-bond acceptors (Lipinski definition) is 15. The third kappa shape index (κ3) is 14.1. The number of anilines is 1. The van der Waals surface area contributed by atoms with Crippen LogP contribution in [0.5, 0.6) is 5.75 Å². The number of hydrogen-bond donors (Lipinski definition) is 1. The number of carboxylic acid groups (broad SMARTS) is 1. The van der Waals surface area contributed by atoms with Crippen molar-refractivity contribution in [3.8, 4) is 5.75 Å². The molecule has 4 aliphatic rings. The average molecular weight is 956 g/mol. The number of aromatic carboxylic acids is 1. The van der Waals surface area contributed by atoms with Crippen LogP contribution in [0.2, 0.25) is 0 Å². The summed E-state index contributed by atoms with van der Waals surface area (Å²) in [4.78, 5) is 91.5. The lowest BCUT2D eigenvalue weighted by Crippen LogP contribution is -2.53. The van der Waals surface area contributed by atoms with Crippen LogP contribution >= 0.6 is 0 Å². The molecule has 3 saturated heterocycles. The number of methoxy groups -OCH3 is 1. The Morgan fingerprint density at radius 2 is 1.13 bits per heavy atom. The minimum absolute atomic E-state index is 0.00210. The SMILES string of the molecule is COc1c(N2CC3CCCN(C(=O)CN4CCN(CC(=O)OC(C)(C)C)CCN(CC(=O)OC(C)(C)C)CCN(CC(=O)OC(C)(C)C)CC4)C3C2)c(F)cc2c(=O)c(C(=O)O)cn(C3CC3)c12. The number of aromatic nitrogens is 1. The predicted octanol–water partition coefficient (Wildman–Crippen LogP) is 3.86. The van der Waals surface area contributed by atoms with E-state index in [1.807, 2.05) is 86.8 Å². The number of amides is 1. The van der Waals surface area contributed by atoms with E-state index in [1.165, 1.54) is 13.3 Å². The van der Waals surface area contributed by atoms with Crippen molar-refractivity contribution < 1.29 is 52.4 Å². The van der Waals surface area contributed by atoms with E-state index < -0.39 is 39.6 Å². The van der Waals surface area contributed by atoms with E-state index in [2.05, 4.69) is 4.90 Å². The molecule has 1 N–H and O–H groups in total. The summed E-state index contributed by atoms with van der Waals surface area (Å²) in [5, 5.41) is 9.76. The van der Waals surface area contributed by atoms with E-state index in [4.69, 9.17) is 18.9 Å². The van der Waals surface area contributed by atoms with Crippen LogP contribution < -0.4 is 15.1 Å². The highest BCUT2D eigenvalue weighted by Gasteiger charge is 2.43. The van der Waals surface area contributed by atoms with Gasteiger partial charge in [-0.05, 0) is 100.0 Å². The topological polar surface area (TPSA) is 184 Å². The van der Waals surface area contributed by atoms with Crippen LogP contribution in [0, 0.1) is 11.7 Å². The number of benzene rings is 1. The van der Waals surface area contributed by atoms with Crippen molar-refractivity contribution in [3.05, 3.63) is 33.9 Å². The number of likely N-dealkylation sites (tertiary alicyclic amines) is 1. The Hall–Kier alpha value is -4.85. The Balaban J connectivity index is 1.24. The molecule has 2 unspecified atom stereocenters. The Labute approximate surface area is 399 Å². The maximum atomic E-state index is 16.4. The molecule has 3 aliphatic heterocycles. The summed E-state index contributed by atoms with van der Waals surface area (Å²) < 4.78 is 41.2. The highest BCUT2D eigenvalue weighted by Crippen LogP contribution is 2.45. The van der Waals surface area contributed by atoms with Crippen LogP contribution in [-0.2, 0) is 33.4 Å². The lowest BCUT2D eigenvalue weighted by atomic mass is 9.92. The summed E-state index contributed by atoms with van der Waals surface area (Å²) in [6.07, 6.45) is 4.49. The zero-order valence-corrected chi connectivity index (χ0v) is 41.9. The highest BCUT2D eigenvalue weighted by atomic mass is 19.1. The summed E-state index contributed by atoms with van der Waals surface area (Å²) in [6, 6.07) is 0.835. The smallest absolute Gasteiger partial charge is 0.341 e. The molecule has 19 heteroatoms. The standard InChI is InChI=1S/C49H74FN7O11/c1-47(2,3)66-39(59)29-52-18-16-51(17-19-53(30-40(60)67-48(4,5)6)21-23-54(22-20-52)31-41(61)68-49(7,8)9)28-38(58)56-15-11-12-32-25-55(27-37(32)56)43-36(50)24-34-42(45(43)65-10)57(33-13-14-33)26-35(44(34)62)46(63)64/h24,26,32-33,37H,11-23,25,27-31H2,1-10H3,(H,63,64). The van der Waals surface area contributed by atoms with Crippen LogP contribution in [0.15, 0.2) is 17.1 Å². The monoisotopic (exact) mass is 956 g/mol. The molecule has 6 rings (SSSR count). The highest BCUT2D eigenvalue weighted by molar-refractivity contribution is 5.97. The van der Waals surface area contributed by atoms with Crippen molar-refractivity contribution in [2.45, 2.75) is 117 Å². The number of esters is 3. The number of rotatable bonds is 12. The first-order valence-electron chi connectivity index (χ1n) is 24.1. The van der Waals surface area contributed by atoms with Crippen molar-refractivity contribution in [2.75, 3.05) is 110 Å². The summed E-state index contributed by atoms with van der Waals surface area (Å²) >= 11 is 0. The summed E-state index contributed by atoms with van der Waals surface area (Å²) in [5.74, 6) is -3.14. The number of pyridine rings is 1. The van der Waals surface area contributed by atoms with Gasteiger partial charge in [0.25, 0.3) is 0 Å². The third-order valence-electron chi connectivity index (χ3n) is 12.6. The molecule has 0 spiro atoms. The Morgan fingerprint density at radius 1 is 0.676 bits per heavy atom. The van der Waals surface area contributed by atoms with Crippen LogP contribution in [0.25, 0.3) is 10.9 Å². The average Bonchev–Trinajstić information content (AvgIpc) is 3.96. The summed E-state index contributed by atoms with van der Waals surface area (Å²) in [6.45, 7) is 21.0. The normalized spacial score (nSPS) is 21.2. The zero-order chi connectivity index (χ0) is 49.9. The lowest BCUT2D eigenvalue weighted by Gasteiger charge is -2.39. The first-order chi connectivity index (χ1) is 31.8. The molecule has 1 aliphatic carbocycles. The van der Waals surface area contributed by atoms with Gasteiger partial charge in [0.15, 0.2) is 11.6 Å². The fourth-order valence-electron chi connectivity index (χ4n) is 9.56. The molecule has 4 fully saturated rings. The molecule has 68 heavy (non-hydrogen) atoms. The van der Waals surface area contributed by atoms with Gasteiger partial charge in [0.1, 0.15) is 28.1 Å². The molecule has 1 aromatic heterocycles. The van der Waals surface area contributed by atoms with Gasteiger partial charge in [0.05, 0.1) is 50.2 Å². The van der Waals surface area contributed by atoms with Gasteiger partial charge in [-0.25, -0.2) is 9.18 Å². The molecule has 18 nitrogen and oxygen atoms in total. The number of piperidine rings is 1. The van der Waals surface area contributed by atoms with Gasteiger partial charge in [0.2, 0.25) is 11.3 Å². The van der Waals surface area contributed by atoms with Crippen molar-refractivity contribution in [2.24, 2.45) is 5.92 Å². The van der Waals surface area contributed by atoms with Crippen LogP contribution in [0.4, 0.5) is 10.1 Å². The minimum Gasteiger partial charge on any atom is -0.492 e. The number of halogens is 1. The van der Waals surface area contributed by atoms with E-state index >= 15 is 4.39 Å². The third-order valence-corrected chi connectivity index (χ3v) is 12.6. The maximum absolute atomic E-state index is 16.4. The molecule has 1 aromatic carbocycles. The fourth-order valence-corrected chi connectivity index (χ4v) is 9.56. The summed E-state index contributed by atoms with van der Waals surface area (Å²) in [5.41, 5.74) is -2.72. The van der Waals surface area contributed by atoms with Gasteiger partial charge < -0.3 is 38.4 Å². The molecule has 1 amide bonds. The lowest BCUT2D eigenvalue weighted by molar-refractivity contribution is -0.158. The van der Waals surface area contributed by atoms with Crippen molar-refractivity contribution in [1.82, 2.24) is 29.1 Å². The predicted molar refractivity (Wildman–Crippen MR) is 254 cm³/mol. The quantitative estimate of drug-likeness (QED) is 0.239. The van der Waals surface area contributed by atoms with Crippen LogP contribution in [0.1, 0.15) is 104 Å². The van der Waals surface area contributed by atoms with Crippen LogP contribution in [-0.4, -0.2) is 192 Å². The molecule has 0 bridgehead atoms. The van der Waals surface area contributed by atoms with Crippen molar-refractivity contribution in [3.63, 3.8) is 0 Å². The van der Waals surface area contributed by atoms with E-state index in [0.29, 0.717) is 77.5 Å². The zero-order valence-electron chi connectivity index (χ0n) is 41.9. The second kappa shape index (κ2) is 21.4. The van der Waals surface area contributed by atoms with Gasteiger partial charge in [-0.1, -0.05) is 0 Å². The maximum Gasteiger partial charge on any atom is 0.341 e. The first kappa shape index (κ1) is 52.5. The second-order valence-electron chi connectivity index (χ2n) is 21.8. The fraction of sp³-hybridized carbons (Fsp3) is 0.714. The molecular weight excluding hydrogens is 882 g/mol. The second-order valence-corrected chi connectivity index (χ2v) is 21.8. The van der Waals surface area contributed by atoms with E-state index in [0.717, 1.165) is 31.7 Å². The number of carbonyl (C=O) groups is 5. The first-order valence-corrected chi connectivity index (χ1v) is 24.1. The molecule has 2 aromatic rings. The molecule has 378 valence electrons. The molecule has 0 radical (unpaired) electrons. The number of fused-ring (bicyclic) bond motifs is 2. The van der Waals surface area contributed by atoms with Gasteiger partial charge in [-0.15, -0.1) is 0 Å². The molecule has 4 heterocycles. The van der Waals surface area contributed by atoms with E-state index in [9.17, 15) is 33.9 Å².